The van der Waals surface area contributed by atoms with Crippen molar-refractivity contribution in [1.82, 2.24) is 4.90 Å². The van der Waals surface area contributed by atoms with Gasteiger partial charge in [-0.25, -0.2) is 0 Å². The predicted octanol–water partition coefficient (Wildman–Crippen LogP) is 3.38. The van der Waals surface area contributed by atoms with Crippen molar-refractivity contribution in [3.05, 3.63) is 29.8 Å². The number of carbonyl (C=O) groups is 2. The average Bonchev–Trinajstić information content (AvgIpc) is 2.75. The molecule has 0 aromatic heterocycles. The second kappa shape index (κ2) is 7.48. The number of nitrogens with zero attached hydrogens (tertiary/aromatic N) is 1. The number of benzene rings is 1. The Morgan fingerprint density at radius 1 is 1.25 bits per heavy atom. The molecular weight excluding hydrogens is 270 g/mol. The summed E-state index contributed by atoms with van der Waals surface area (Å²) in [6, 6.07) is 7.42. The molecule has 0 aliphatic carbocycles. The van der Waals surface area contributed by atoms with Crippen LogP contribution in [0.5, 0.6) is 0 Å². The normalized spacial score (nSPS) is 17.4. The molecule has 0 radical (unpaired) electrons. The molecule has 1 aromatic carbocycles. The van der Waals surface area contributed by atoms with Crippen LogP contribution in [-0.2, 0) is 4.79 Å². The number of likely N-dealkylation sites (tertiary alicyclic amines) is 1. The number of hydrogen-bond donors (Lipinski definition) is 0. The number of amides is 1. The van der Waals surface area contributed by atoms with Gasteiger partial charge in [0.1, 0.15) is 6.29 Å². The molecule has 0 N–H and O–H groups in total. The summed E-state index contributed by atoms with van der Waals surface area (Å²) >= 11 is 1.53. The van der Waals surface area contributed by atoms with Gasteiger partial charge in [-0.15, -0.1) is 11.8 Å². The smallest absolute Gasteiger partial charge is 0.235 e. The topological polar surface area (TPSA) is 37.4 Å². The van der Waals surface area contributed by atoms with E-state index < -0.39 is 0 Å². The predicted molar refractivity (Wildman–Crippen MR) is 82.2 cm³/mol. The number of hydrogen-bond acceptors (Lipinski definition) is 3. The SMILES string of the molecule is CC(Sc1cccc(C=O)c1)C(=O)N1CCCCCC1. The Bertz CT molecular complexity index is 467. The zero-order valence-electron chi connectivity index (χ0n) is 11.9. The Kier molecular flexibility index (Phi) is 5.65. The molecule has 4 heteroatoms. The summed E-state index contributed by atoms with van der Waals surface area (Å²) in [6.07, 6.45) is 5.53. The molecule has 1 aliphatic rings. The molecule has 1 amide bonds. The molecule has 1 saturated heterocycles. The van der Waals surface area contributed by atoms with Crippen LogP contribution >= 0.6 is 11.8 Å². The lowest BCUT2D eigenvalue weighted by Crippen LogP contribution is -2.37. The van der Waals surface area contributed by atoms with Gasteiger partial charge in [0.25, 0.3) is 0 Å². The van der Waals surface area contributed by atoms with E-state index in [0.717, 1.165) is 37.1 Å². The molecule has 1 unspecified atom stereocenters. The third kappa shape index (κ3) is 4.10. The van der Waals surface area contributed by atoms with Crippen LogP contribution in [0, 0.1) is 0 Å². The number of carbonyl (C=O) groups excluding carboxylic acids is 2. The highest BCUT2D eigenvalue weighted by molar-refractivity contribution is 8.00. The maximum atomic E-state index is 12.4. The molecule has 108 valence electrons. The van der Waals surface area contributed by atoms with Crippen LogP contribution in [0.15, 0.2) is 29.2 Å². The van der Waals surface area contributed by atoms with E-state index in [1.165, 1.54) is 24.6 Å². The van der Waals surface area contributed by atoms with E-state index in [1.54, 1.807) is 6.07 Å². The lowest BCUT2D eigenvalue weighted by atomic mass is 10.2. The van der Waals surface area contributed by atoms with Gasteiger partial charge in [0.15, 0.2) is 0 Å². The second-order valence-corrected chi connectivity index (χ2v) is 6.60. The summed E-state index contributed by atoms with van der Waals surface area (Å²) in [5.41, 5.74) is 0.657. The highest BCUT2D eigenvalue weighted by Crippen LogP contribution is 2.25. The van der Waals surface area contributed by atoms with Crippen LogP contribution in [0.3, 0.4) is 0 Å². The molecule has 1 aliphatic heterocycles. The van der Waals surface area contributed by atoms with E-state index in [0.29, 0.717) is 5.56 Å². The van der Waals surface area contributed by atoms with Crippen LogP contribution in [0.4, 0.5) is 0 Å². The number of aldehydes is 1. The molecule has 1 fully saturated rings. The van der Waals surface area contributed by atoms with Crippen molar-refractivity contribution in [1.29, 1.82) is 0 Å². The minimum atomic E-state index is -0.102. The Balaban J connectivity index is 1.97. The first-order chi connectivity index (χ1) is 9.70. The summed E-state index contributed by atoms with van der Waals surface area (Å²) in [7, 11) is 0. The Labute approximate surface area is 124 Å². The van der Waals surface area contributed by atoms with Crippen LogP contribution in [0.1, 0.15) is 43.0 Å². The maximum absolute atomic E-state index is 12.4. The van der Waals surface area contributed by atoms with Crippen LogP contribution in [-0.4, -0.2) is 35.4 Å². The minimum Gasteiger partial charge on any atom is -0.342 e. The van der Waals surface area contributed by atoms with Crippen molar-refractivity contribution in [2.75, 3.05) is 13.1 Å². The first-order valence-corrected chi connectivity index (χ1v) is 8.09. The number of rotatable bonds is 4. The molecule has 1 atom stereocenters. The van der Waals surface area contributed by atoms with Crippen LogP contribution in [0.2, 0.25) is 0 Å². The van der Waals surface area contributed by atoms with Gasteiger partial charge in [-0.1, -0.05) is 25.0 Å². The summed E-state index contributed by atoms with van der Waals surface area (Å²) in [5, 5.41) is -0.102. The van der Waals surface area contributed by atoms with Gasteiger partial charge in [-0.3, -0.25) is 9.59 Å². The van der Waals surface area contributed by atoms with Gasteiger partial charge in [0.05, 0.1) is 5.25 Å². The summed E-state index contributed by atoms with van der Waals surface area (Å²) < 4.78 is 0. The average molecular weight is 291 g/mol. The van der Waals surface area contributed by atoms with E-state index in [9.17, 15) is 9.59 Å². The van der Waals surface area contributed by atoms with Gasteiger partial charge < -0.3 is 4.90 Å². The molecular formula is C16H21NO2S. The van der Waals surface area contributed by atoms with E-state index in [-0.39, 0.29) is 11.2 Å². The van der Waals surface area contributed by atoms with Gasteiger partial charge in [-0.05, 0) is 31.9 Å². The Morgan fingerprint density at radius 2 is 1.95 bits per heavy atom. The molecule has 20 heavy (non-hydrogen) atoms. The van der Waals surface area contributed by atoms with E-state index in [4.69, 9.17) is 0 Å². The lowest BCUT2D eigenvalue weighted by Gasteiger charge is -2.23. The van der Waals surface area contributed by atoms with E-state index in [2.05, 4.69) is 0 Å². The van der Waals surface area contributed by atoms with Crippen molar-refractivity contribution < 1.29 is 9.59 Å². The first kappa shape index (κ1) is 15.1. The third-order valence-electron chi connectivity index (χ3n) is 3.57. The quantitative estimate of drug-likeness (QED) is 0.630. The standard InChI is InChI=1S/C16H21NO2S/c1-13(16(19)17-9-4-2-3-5-10-17)20-15-8-6-7-14(11-15)12-18/h6-8,11-13H,2-5,9-10H2,1H3. The fraction of sp³-hybridized carbons (Fsp3) is 0.500. The largest absolute Gasteiger partial charge is 0.342 e. The maximum Gasteiger partial charge on any atom is 0.235 e. The van der Waals surface area contributed by atoms with Crippen molar-refractivity contribution in [2.24, 2.45) is 0 Å². The molecule has 0 bridgehead atoms. The highest BCUT2D eigenvalue weighted by atomic mass is 32.2. The highest BCUT2D eigenvalue weighted by Gasteiger charge is 2.22. The van der Waals surface area contributed by atoms with Crippen molar-refractivity contribution in [2.45, 2.75) is 42.8 Å². The van der Waals surface area contributed by atoms with E-state index in [1.807, 2.05) is 30.0 Å². The van der Waals surface area contributed by atoms with Gasteiger partial charge in [0.2, 0.25) is 5.91 Å². The van der Waals surface area contributed by atoms with Gasteiger partial charge in [-0.2, -0.15) is 0 Å². The molecule has 1 aromatic rings. The summed E-state index contributed by atoms with van der Waals surface area (Å²) in [6.45, 7) is 3.72. The third-order valence-corrected chi connectivity index (χ3v) is 4.65. The zero-order valence-corrected chi connectivity index (χ0v) is 12.7. The van der Waals surface area contributed by atoms with E-state index >= 15 is 0 Å². The van der Waals surface area contributed by atoms with Crippen LogP contribution < -0.4 is 0 Å². The Morgan fingerprint density at radius 3 is 2.60 bits per heavy atom. The fourth-order valence-corrected chi connectivity index (χ4v) is 3.48. The monoisotopic (exact) mass is 291 g/mol. The number of thioether (sulfide) groups is 1. The molecule has 0 saturated carbocycles. The first-order valence-electron chi connectivity index (χ1n) is 7.21. The zero-order chi connectivity index (χ0) is 14.4. The van der Waals surface area contributed by atoms with Gasteiger partial charge >= 0.3 is 0 Å². The van der Waals surface area contributed by atoms with Crippen molar-refractivity contribution in [3.63, 3.8) is 0 Å². The summed E-state index contributed by atoms with van der Waals surface area (Å²) in [4.78, 5) is 26.2. The minimum absolute atomic E-state index is 0.102. The molecule has 3 nitrogen and oxygen atoms in total. The molecule has 1 heterocycles. The van der Waals surface area contributed by atoms with Gasteiger partial charge in [0, 0.05) is 23.5 Å². The second-order valence-electron chi connectivity index (χ2n) is 5.19. The molecule has 2 rings (SSSR count). The van der Waals surface area contributed by atoms with Crippen molar-refractivity contribution >= 4 is 24.0 Å². The summed E-state index contributed by atoms with van der Waals surface area (Å²) in [5.74, 6) is 0.216. The fourth-order valence-electron chi connectivity index (χ4n) is 2.46. The molecule has 0 spiro atoms. The van der Waals surface area contributed by atoms with Crippen molar-refractivity contribution in [3.8, 4) is 0 Å². The van der Waals surface area contributed by atoms with Crippen LogP contribution in [0.25, 0.3) is 0 Å². The lowest BCUT2D eigenvalue weighted by molar-refractivity contribution is -0.130. The Hall–Kier alpha value is -1.29.